The summed E-state index contributed by atoms with van der Waals surface area (Å²) in [5.41, 5.74) is -2.14. The summed E-state index contributed by atoms with van der Waals surface area (Å²) in [6, 6.07) is 1.27. The molecule has 0 atom stereocenters. The van der Waals surface area contributed by atoms with E-state index in [4.69, 9.17) is 0 Å². The number of nitrogens with one attached hydrogen (secondary N) is 2. The van der Waals surface area contributed by atoms with Gasteiger partial charge in [-0.1, -0.05) is 0 Å². The normalized spacial score (nSPS) is 12.3. The minimum absolute atomic E-state index is 0.0988. The van der Waals surface area contributed by atoms with Crippen LogP contribution in [0.3, 0.4) is 0 Å². The van der Waals surface area contributed by atoms with Crippen LogP contribution in [-0.2, 0) is 11.7 Å². The lowest BCUT2D eigenvalue weighted by atomic mass is 10.1. The minimum atomic E-state index is -4.54. The number of hydrogen-bond donors (Lipinski definition) is 2. The van der Waals surface area contributed by atoms with E-state index in [-0.39, 0.29) is 10.6 Å². The highest BCUT2D eigenvalue weighted by molar-refractivity contribution is 7.09. The lowest BCUT2D eigenvalue weighted by molar-refractivity contribution is -0.140. The van der Waals surface area contributed by atoms with Crippen LogP contribution < -0.4 is 10.7 Å². The average Bonchev–Trinajstić information content (AvgIpc) is 2.87. The van der Waals surface area contributed by atoms with Crippen molar-refractivity contribution in [2.75, 3.05) is 0 Å². The van der Waals surface area contributed by atoms with Crippen molar-refractivity contribution in [2.45, 2.75) is 32.5 Å². The Labute approximate surface area is 133 Å². The van der Waals surface area contributed by atoms with E-state index in [1.54, 1.807) is 6.92 Å². The van der Waals surface area contributed by atoms with Crippen LogP contribution in [0, 0.1) is 6.92 Å². The zero-order valence-electron chi connectivity index (χ0n) is 12.5. The fraction of sp³-hybridized carbons (Fsp3) is 0.357. The molecule has 0 aromatic carbocycles. The van der Waals surface area contributed by atoms with Crippen LogP contribution >= 0.6 is 11.3 Å². The highest BCUT2D eigenvalue weighted by Gasteiger charge is 2.36. The van der Waals surface area contributed by atoms with Crippen LogP contribution in [0.4, 0.5) is 13.2 Å². The molecule has 0 saturated heterocycles. The number of nitrogens with zero attached hydrogens (tertiary/aromatic N) is 1. The zero-order chi connectivity index (χ0) is 17.4. The largest absolute Gasteiger partial charge is 0.434 e. The fourth-order valence-electron chi connectivity index (χ4n) is 1.85. The minimum Gasteiger partial charge on any atom is -0.364 e. The van der Waals surface area contributed by atoms with Crippen molar-refractivity contribution in [1.82, 2.24) is 15.3 Å². The Morgan fingerprint density at radius 2 is 2.00 bits per heavy atom. The van der Waals surface area contributed by atoms with E-state index in [1.165, 1.54) is 26.1 Å². The number of carbonyl (C=O) groups excluding carboxylic acids is 1. The number of alkyl halides is 3. The van der Waals surface area contributed by atoms with Crippen molar-refractivity contribution >= 4 is 17.2 Å². The molecule has 9 heteroatoms. The number of pyridine rings is 1. The Bertz CT molecular complexity index is 793. The van der Waals surface area contributed by atoms with Crippen molar-refractivity contribution in [2.24, 2.45) is 0 Å². The summed E-state index contributed by atoms with van der Waals surface area (Å²) in [7, 11) is 0. The zero-order valence-corrected chi connectivity index (χ0v) is 13.4. The summed E-state index contributed by atoms with van der Waals surface area (Å²) in [6.07, 6.45) is -3.27. The second-order valence-electron chi connectivity index (χ2n) is 5.51. The predicted octanol–water partition coefficient (Wildman–Crippen LogP) is 2.82. The van der Waals surface area contributed by atoms with Gasteiger partial charge in [0.15, 0.2) is 11.1 Å². The Morgan fingerprint density at radius 1 is 1.35 bits per heavy atom. The number of amides is 1. The van der Waals surface area contributed by atoms with E-state index in [1.807, 2.05) is 0 Å². The van der Waals surface area contributed by atoms with Gasteiger partial charge in [-0.2, -0.15) is 13.2 Å². The maximum atomic E-state index is 12.6. The van der Waals surface area contributed by atoms with Gasteiger partial charge in [0.25, 0.3) is 5.91 Å². The number of aryl methyl sites for hydroxylation is 1. The molecule has 2 N–H and O–H groups in total. The van der Waals surface area contributed by atoms with Crippen molar-refractivity contribution in [3.8, 4) is 0 Å². The lowest BCUT2D eigenvalue weighted by Gasteiger charge is -2.23. The highest BCUT2D eigenvalue weighted by atomic mass is 32.1. The molecule has 0 radical (unpaired) electrons. The second kappa shape index (κ2) is 5.80. The number of H-pyrrole nitrogens is 1. The average molecular weight is 345 g/mol. The molecule has 2 rings (SSSR count). The van der Waals surface area contributed by atoms with Gasteiger partial charge in [0, 0.05) is 23.3 Å². The number of thiazole rings is 1. The smallest absolute Gasteiger partial charge is 0.364 e. The molecule has 0 saturated carbocycles. The van der Waals surface area contributed by atoms with Crippen LogP contribution in [0.2, 0.25) is 0 Å². The van der Waals surface area contributed by atoms with Gasteiger partial charge in [-0.3, -0.25) is 9.59 Å². The molecule has 2 aromatic heterocycles. The van der Waals surface area contributed by atoms with E-state index in [0.29, 0.717) is 5.69 Å². The Morgan fingerprint density at radius 3 is 2.52 bits per heavy atom. The summed E-state index contributed by atoms with van der Waals surface area (Å²) < 4.78 is 37.9. The number of aromatic amines is 1. The SMILES string of the molecule is Cc1cc(=O)c(C(=O)NC(C)(C)c2nc(C(F)(F)F)cs2)c[nH]1. The number of rotatable bonds is 3. The highest BCUT2D eigenvalue weighted by Crippen LogP contribution is 2.33. The summed E-state index contributed by atoms with van der Waals surface area (Å²) in [6.45, 7) is 4.71. The van der Waals surface area contributed by atoms with Crippen molar-refractivity contribution in [3.05, 3.63) is 49.8 Å². The number of hydrogen-bond acceptors (Lipinski definition) is 4. The van der Waals surface area contributed by atoms with Crippen LogP contribution in [0.25, 0.3) is 0 Å². The van der Waals surface area contributed by atoms with E-state index in [2.05, 4.69) is 15.3 Å². The van der Waals surface area contributed by atoms with Gasteiger partial charge in [-0.25, -0.2) is 4.98 Å². The quantitative estimate of drug-likeness (QED) is 0.898. The first-order valence-electron chi connectivity index (χ1n) is 6.56. The molecule has 124 valence electrons. The molecular formula is C14H14F3N3O2S. The molecule has 0 unspecified atom stereocenters. The van der Waals surface area contributed by atoms with E-state index in [0.717, 1.165) is 16.7 Å². The third-order valence-corrected chi connectivity index (χ3v) is 4.22. The first-order chi connectivity index (χ1) is 10.5. The molecular weight excluding hydrogens is 331 g/mol. The summed E-state index contributed by atoms with van der Waals surface area (Å²) in [4.78, 5) is 30.3. The van der Waals surface area contributed by atoms with Crippen LogP contribution in [0.15, 0.2) is 22.4 Å². The molecule has 0 fully saturated rings. The molecule has 0 aliphatic heterocycles. The van der Waals surface area contributed by atoms with Crippen LogP contribution in [0.1, 0.15) is 40.6 Å². The van der Waals surface area contributed by atoms with Gasteiger partial charge < -0.3 is 10.3 Å². The van der Waals surface area contributed by atoms with Gasteiger partial charge in [0.2, 0.25) is 0 Å². The van der Waals surface area contributed by atoms with Crippen LogP contribution in [0.5, 0.6) is 0 Å². The van der Waals surface area contributed by atoms with Gasteiger partial charge in [-0.05, 0) is 20.8 Å². The topological polar surface area (TPSA) is 74.8 Å². The van der Waals surface area contributed by atoms with Crippen molar-refractivity contribution < 1.29 is 18.0 Å². The Kier molecular flexibility index (Phi) is 4.34. The van der Waals surface area contributed by atoms with E-state index >= 15 is 0 Å². The number of carbonyl (C=O) groups is 1. The lowest BCUT2D eigenvalue weighted by Crippen LogP contribution is -2.42. The molecule has 0 aliphatic rings. The standard InChI is InChI=1S/C14H14F3N3O2S/c1-7-4-9(21)8(5-18-7)11(22)20-13(2,3)12-19-10(6-23-12)14(15,16)17/h4-6H,1-3H3,(H,18,21)(H,20,22). The van der Waals surface area contributed by atoms with Crippen molar-refractivity contribution in [1.29, 1.82) is 0 Å². The predicted molar refractivity (Wildman–Crippen MR) is 79.4 cm³/mol. The van der Waals surface area contributed by atoms with E-state index in [9.17, 15) is 22.8 Å². The Balaban J connectivity index is 2.25. The summed E-state index contributed by atoms with van der Waals surface area (Å²) in [5, 5.41) is 3.53. The first-order valence-corrected chi connectivity index (χ1v) is 7.44. The second-order valence-corrected chi connectivity index (χ2v) is 6.37. The maximum Gasteiger partial charge on any atom is 0.434 e. The molecule has 1 amide bonds. The molecule has 0 spiro atoms. The Hall–Kier alpha value is -2.16. The van der Waals surface area contributed by atoms with Gasteiger partial charge >= 0.3 is 6.18 Å². The number of aromatic nitrogens is 2. The third-order valence-electron chi connectivity index (χ3n) is 3.06. The third kappa shape index (κ3) is 3.79. The molecule has 0 aliphatic carbocycles. The maximum absolute atomic E-state index is 12.6. The molecule has 0 bridgehead atoms. The number of halogens is 3. The molecule has 2 aromatic rings. The molecule has 5 nitrogen and oxygen atoms in total. The van der Waals surface area contributed by atoms with E-state index < -0.39 is 28.7 Å². The van der Waals surface area contributed by atoms with Gasteiger partial charge in [-0.15, -0.1) is 11.3 Å². The van der Waals surface area contributed by atoms with Crippen molar-refractivity contribution in [3.63, 3.8) is 0 Å². The summed E-state index contributed by atoms with van der Waals surface area (Å²) >= 11 is 0.795. The monoisotopic (exact) mass is 345 g/mol. The summed E-state index contributed by atoms with van der Waals surface area (Å²) in [5.74, 6) is -0.681. The fourth-order valence-corrected chi connectivity index (χ4v) is 2.75. The van der Waals surface area contributed by atoms with Gasteiger partial charge in [0.05, 0.1) is 5.54 Å². The van der Waals surface area contributed by atoms with Crippen LogP contribution in [-0.4, -0.2) is 15.9 Å². The first kappa shape index (κ1) is 17.2. The molecule has 2 heterocycles. The van der Waals surface area contributed by atoms with Gasteiger partial charge in [0.1, 0.15) is 10.6 Å². The molecule has 23 heavy (non-hydrogen) atoms.